The Morgan fingerprint density at radius 1 is 1.00 bits per heavy atom. The van der Waals surface area contributed by atoms with E-state index in [0.717, 1.165) is 5.56 Å². The van der Waals surface area contributed by atoms with Gasteiger partial charge < -0.3 is 14.8 Å². The van der Waals surface area contributed by atoms with Crippen molar-refractivity contribution in [2.45, 2.75) is 20.0 Å². The lowest BCUT2D eigenvalue weighted by Gasteiger charge is -2.12. The number of carbonyl (C=O) groups is 2. The summed E-state index contributed by atoms with van der Waals surface area (Å²) in [7, 11) is 0. The van der Waals surface area contributed by atoms with Gasteiger partial charge in [0.15, 0.2) is 11.5 Å². The topological polar surface area (TPSA) is 132 Å². The summed E-state index contributed by atoms with van der Waals surface area (Å²) in [6, 6.07) is 17.7. The quantitative estimate of drug-likeness (QED) is 0.166. The number of carbonyl (C=O) groups excluding carboxylic acids is 2. The molecule has 2 N–H and O–H groups in total. The lowest BCUT2D eigenvalue weighted by atomic mass is 10.2. The minimum Gasteiger partial charge on any atom is -0.490 e. The monoisotopic (exact) mass is 510 g/mol. The molecule has 11 heteroatoms. The number of nitro groups is 1. The van der Waals surface area contributed by atoms with E-state index in [1.807, 2.05) is 6.92 Å². The van der Waals surface area contributed by atoms with Gasteiger partial charge in [0.25, 0.3) is 5.69 Å². The van der Waals surface area contributed by atoms with Crippen molar-refractivity contribution >= 4 is 41.0 Å². The van der Waals surface area contributed by atoms with Gasteiger partial charge >= 0.3 is 0 Å². The molecule has 186 valence electrons. The average molecular weight is 511 g/mol. The standard InChI is InChI=1S/C25H23ClN4O6/c1-2-35-23-13-18(5-12-22(23)36-16-17-3-10-21(11-4-17)30(33)34)15-27-29-25(32)14-24(31)28-20-8-6-19(26)7-9-20/h3-13,15H,2,14,16H2,1H3,(H,28,31)(H,29,32). The second kappa shape index (κ2) is 12.9. The van der Waals surface area contributed by atoms with Crippen LogP contribution in [0.15, 0.2) is 71.8 Å². The van der Waals surface area contributed by atoms with Gasteiger partial charge in [-0.15, -0.1) is 0 Å². The number of ether oxygens (including phenoxy) is 2. The molecule has 0 aliphatic rings. The molecule has 0 aliphatic heterocycles. The fraction of sp³-hybridized carbons (Fsp3) is 0.160. The molecule has 0 fully saturated rings. The van der Waals surface area contributed by atoms with Crippen molar-refractivity contribution in [1.29, 1.82) is 0 Å². The maximum Gasteiger partial charge on any atom is 0.269 e. The summed E-state index contributed by atoms with van der Waals surface area (Å²) in [4.78, 5) is 34.3. The Morgan fingerprint density at radius 3 is 2.39 bits per heavy atom. The van der Waals surface area contributed by atoms with Crippen molar-refractivity contribution < 1.29 is 24.0 Å². The summed E-state index contributed by atoms with van der Waals surface area (Å²) in [5.41, 5.74) is 4.24. The summed E-state index contributed by atoms with van der Waals surface area (Å²) >= 11 is 5.80. The first-order valence-corrected chi connectivity index (χ1v) is 11.2. The number of non-ortho nitro benzene ring substituents is 1. The molecule has 3 aromatic rings. The van der Waals surface area contributed by atoms with E-state index < -0.39 is 23.2 Å². The maximum atomic E-state index is 12.0. The molecule has 3 aromatic carbocycles. The van der Waals surface area contributed by atoms with Crippen LogP contribution in [0.2, 0.25) is 5.02 Å². The van der Waals surface area contributed by atoms with Gasteiger partial charge in [-0.3, -0.25) is 19.7 Å². The number of nitrogens with zero attached hydrogens (tertiary/aromatic N) is 2. The van der Waals surface area contributed by atoms with E-state index in [9.17, 15) is 19.7 Å². The van der Waals surface area contributed by atoms with E-state index in [1.165, 1.54) is 18.3 Å². The Balaban J connectivity index is 1.54. The van der Waals surface area contributed by atoms with E-state index in [0.29, 0.717) is 34.4 Å². The highest BCUT2D eigenvalue weighted by atomic mass is 35.5. The number of rotatable bonds is 11. The zero-order chi connectivity index (χ0) is 25.9. The van der Waals surface area contributed by atoms with Crippen LogP contribution in [-0.2, 0) is 16.2 Å². The second-order valence-electron chi connectivity index (χ2n) is 7.38. The van der Waals surface area contributed by atoms with Crippen LogP contribution in [0.5, 0.6) is 11.5 Å². The van der Waals surface area contributed by atoms with Crippen LogP contribution in [-0.4, -0.2) is 29.6 Å². The molecular formula is C25H23ClN4O6. The van der Waals surface area contributed by atoms with Crippen molar-refractivity contribution in [2.75, 3.05) is 11.9 Å². The van der Waals surface area contributed by atoms with Gasteiger partial charge in [-0.25, -0.2) is 5.43 Å². The normalized spacial score (nSPS) is 10.6. The number of halogens is 1. The summed E-state index contributed by atoms with van der Waals surface area (Å²) in [6.45, 7) is 2.42. The number of hydrogen-bond acceptors (Lipinski definition) is 7. The largest absolute Gasteiger partial charge is 0.490 e. The van der Waals surface area contributed by atoms with Gasteiger partial charge in [-0.2, -0.15) is 5.10 Å². The summed E-state index contributed by atoms with van der Waals surface area (Å²) in [5, 5.41) is 17.8. The molecule has 0 saturated heterocycles. The van der Waals surface area contributed by atoms with Crippen molar-refractivity contribution in [3.63, 3.8) is 0 Å². The van der Waals surface area contributed by atoms with Crippen LogP contribution in [0.4, 0.5) is 11.4 Å². The third kappa shape index (κ3) is 8.10. The van der Waals surface area contributed by atoms with Crippen molar-refractivity contribution in [3.8, 4) is 11.5 Å². The van der Waals surface area contributed by atoms with Crippen LogP contribution in [0.3, 0.4) is 0 Å². The maximum absolute atomic E-state index is 12.0. The van der Waals surface area contributed by atoms with Gasteiger partial charge in [0.2, 0.25) is 11.8 Å². The number of benzene rings is 3. The molecule has 0 unspecified atom stereocenters. The fourth-order valence-electron chi connectivity index (χ4n) is 2.97. The first kappa shape index (κ1) is 26.2. The van der Waals surface area contributed by atoms with Crippen LogP contribution < -0.4 is 20.2 Å². The third-order valence-corrected chi connectivity index (χ3v) is 4.91. The number of hydrogen-bond donors (Lipinski definition) is 2. The lowest BCUT2D eigenvalue weighted by molar-refractivity contribution is -0.384. The number of amides is 2. The van der Waals surface area contributed by atoms with Gasteiger partial charge in [0.1, 0.15) is 13.0 Å². The molecule has 0 spiro atoms. The lowest BCUT2D eigenvalue weighted by Crippen LogP contribution is -2.24. The van der Waals surface area contributed by atoms with E-state index in [-0.39, 0.29) is 12.3 Å². The average Bonchev–Trinajstić information content (AvgIpc) is 2.85. The van der Waals surface area contributed by atoms with Gasteiger partial charge in [-0.05, 0) is 72.6 Å². The Hall–Kier alpha value is -4.44. The van der Waals surface area contributed by atoms with Crippen LogP contribution in [0.25, 0.3) is 0 Å². The molecule has 0 saturated carbocycles. The molecule has 2 amide bonds. The Bertz CT molecular complexity index is 1250. The first-order valence-electron chi connectivity index (χ1n) is 10.8. The molecule has 0 aromatic heterocycles. The van der Waals surface area contributed by atoms with Crippen molar-refractivity contribution in [1.82, 2.24) is 5.43 Å². The van der Waals surface area contributed by atoms with Gasteiger partial charge in [0, 0.05) is 22.8 Å². The first-order chi connectivity index (χ1) is 17.3. The van der Waals surface area contributed by atoms with E-state index in [4.69, 9.17) is 21.1 Å². The predicted molar refractivity (Wildman–Crippen MR) is 135 cm³/mol. The number of nitro benzene ring substituents is 1. The fourth-order valence-corrected chi connectivity index (χ4v) is 3.10. The highest BCUT2D eigenvalue weighted by Gasteiger charge is 2.10. The van der Waals surface area contributed by atoms with Crippen LogP contribution in [0.1, 0.15) is 24.5 Å². The van der Waals surface area contributed by atoms with E-state index in [1.54, 1.807) is 54.6 Å². The van der Waals surface area contributed by atoms with Crippen molar-refractivity contribution in [3.05, 3.63) is 93.0 Å². The van der Waals surface area contributed by atoms with Gasteiger partial charge in [0.05, 0.1) is 17.7 Å². The Labute approximate surface area is 212 Å². The zero-order valence-corrected chi connectivity index (χ0v) is 20.0. The molecule has 0 heterocycles. The Kier molecular flexibility index (Phi) is 9.35. The minimum absolute atomic E-state index is 0.00618. The highest BCUT2D eigenvalue weighted by molar-refractivity contribution is 6.30. The molecule has 0 aliphatic carbocycles. The number of anilines is 1. The summed E-state index contributed by atoms with van der Waals surface area (Å²) in [6.07, 6.45) is 1.01. The number of hydrazone groups is 1. The van der Waals surface area contributed by atoms with Crippen molar-refractivity contribution in [2.24, 2.45) is 5.10 Å². The third-order valence-electron chi connectivity index (χ3n) is 4.66. The Morgan fingerprint density at radius 2 is 1.72 bits per heavy atom. The molecule has 3 rings (SSSR count). The molecule has 0 bridgehead atoms. The molecular weight excluding hydrogens is 488 g/mol. The molecule has 0 atom stereocenters. The van der Waals surface area contributed by atoms with Crippen LogP contribution in [0, 0.1) is 10.1 Å². The smallest absolute Gasteiger partial charge is 0.269 e. The molecule has 36 heavy (non-hydrogen) atoms. The number of nitrogens with one attached hydrogen (secondary N) is 2. The molecule has 10 nitrogen and oxygen atoms in total. The van der Waals surface area contributed by atoms with Crippen LogP contribution >= 0.6 is 11.6 Å². The molecule has 0 radical (unpaired) electrons. The second-order valence-corrected chi connectivity index (χ2v) is 7.81. The van der Waals surface area contributed by atoms with E-state index in [2.05, 4.69) is 15.8 Å². The van der Waals surface area contributed by atoms with E-state index >= 15 is 0 Å². The minimum atomic E-state index is -0.578. The summed E-state index contributed by atoms with van der Waals surface area (Å²) in [5.74, 6) is -0.115. The van der Waals surface area contributed by atoms with Gasteiger partial charge in [-0.1, -0.05) is 11.6 Å². The zero-order valence-electron chi connectivity index (χ0n) is 19.3. The SMILES string of the molecule is CCOc1cc(C=NNC(=O)CC(=O)Nc2ccc(Cl)cc2)ccc1OCc1ccc([N+](=O)[O-])cc1. The predicted octanol–water partition coefficient (Wildman–Crippen LogP) is 4.70. The summed E-state index contributed by atoms with van der Waals surface area (Å²) < 4.78 is 11.4. The highest BCUT2D eigenvalue weighted by Crippen LogP contribution is 2.29.